The zero-order chi connectivity index (χ0) is 6.69. The summed E-state index contributed by atoms with van der Waals surface area (Å²) in [4.78, 5) is 6.65. The molecule has 1 rings (SSSR count). The molecule has 0 aliphatic rings. The van der Waals surface area contributed by atoms with Gasteiger partial charge in [-0.05, 0) is 0 Å². The van der Waals surface area contributed by atoms with Gasteiger partial charge in [-0.15, -0.1) is 0 Å². The van der Waals surface area contributed by atoms with E-state index in [1.165, 1.54) is 12.5 Å². The van der Waals surface area contributed by atoms with Crippen molar-refractivity contribution in [1.29, 1.82) is 5.41 Å². The molecule has 0 aliphatic carbocycles. The van der Waals surface area contributed by atoms with Crippen LogP contribution in [0, 0.1) is 5.41 Å². The third kappa shape index (κ3) is 0.972. The number of H-pyrrole nitrogens is 1. The van der Waals surface area contributed by atoms with Gasteiger partial charge in [0.05, 0.1) is 12.0 Å². The fourth-order valence-electron chi connectivity index (χ4n) is 0.619. The number of hydrogen-bond acceptors (Lipinski definition) is 3. The molecule has 0 unspecified atom stereocenters. The predicted molar refractivity (Wildman–Crippen MR) is 34.4 cm³/mol. The van der Waals surface area contributed by atoms with Crippen LogP contribution in [0.1, 0.15) is 11.4 Å². The van der Waals surface area contributed by atoms with E-state index >= 15 is 0 Å². The molecule has 4 heteroatoms. The Bertz CT molecular complexity index is 202. The summed E-state index contributed by atoms with van der Waals surface area (Å²) in [6.07, 6.45) is 2.71. The molecule has 0 spiro atoms. The Labute approximate surface area is 52.6 Å². The molecule has 1 heterocycles. The summed E-state index contributed by atoms with van der Waals surface area (Å²) in [5.41, 5.74) is 6.73. The second kappa shape index (κ2) is 2.41. The molecule has 1 aromatic rings. The summed E-state index contributed by atoms with van der Waals surface area (Å²) in [6, 6.07) is 0. The van der Waals surface area contributed by atoms with E-state index in [9.17, 15) is 0 Å². The maximum Gasteiger partial charge on any atom is 0.103 e. The first kappa shape index (κ1) is 5.97. The zero-order valence-electron chi connectivity index (χ0n) is 4.89. The van der Waals surface area contributed by atoms with Crippen LogP contribution < -0.4 is 5.73 Å². The Hall–Kier alpha value is -1.16. The molecule has 9 heavy (non-hydrogen) atoms. The predicted octanol–water partition coefficient (Wildman–Crippen LogP) is -0.134. The molecule has 0 bridgehead atoms. The van der Waals surface area contributed by atoms with Gasteiger partial charge in [0.15, 0.2) is 0 Å². The van der Waals surface area contributed by atoms with Gasteiger partial charge in [0.2, 0.25) is 0 Å². The molecule has 0 radical (unpaired) electrons. The highest BCUT2D eigenvalue weighted by Crippen LogP contribution is 1.95. The lowest BCUT2D eigenvalue weighted by Gasteiger charge is -1.88. The smallest absolute Gasteiger partial charge is 0.103 e. The van der Waals surface area contributed by atoms with Crippen molar-refractivity contribution in [3.05, 3.63) is 17.7 Å². The fourth-order valence-corrected chi connectivity index (χ4v) is 0.619. The van der Waals surface area contributed by atoms with Crippen molar-refractivity contribution < 1.29 is 0 Å². The van der Waals surface area contributed by atoms with Gasteiger partial charge < -0.3 is 16.1 Å². The molecule has 0 atom stereocenters. The van der Waals surface area contributed by atoms with Gasteiger partial charge in [0, 0.05) is 12.8 Å². The van der Waals surface area contributed by atoms with E-state index in [1.54, 1.807) is 0 Å². The normalized spacial score (nSPS) is 9.44. The van der Waals surface area contributed by atoms with Crippen molar-refractivity contribution in [2.45, 2.75) is 6.54 Å². The van der Waals surface area contributed by atoms with E-state index in [-0.39, 0.29) is 0 Å². The minimum atomic E-state index is 0.407. The van der Waals surface area contributed by atoms with Gasteiger partial charge in [0.25, 0.3) is 0 Å². The van der Waals surface area contributed by atoms with Crippen LogP contribution in [0.15, 0.2) is 6.33 Å². The molecule has 1 aromatic heterocycles. The van der Waals surface area contributed by atoms with Gasteiger partial charge in [-0.25, -0.2) is 4.98 Å². The summed E-state index contributed by atoms with van der Waals surface area (Å²) in [6.45, 7) is 0.407. The van der Waals surface area contributed by atoms with Crippen LogP contribution in [0.5, 0.6) is 0 Å². The number of hydrogen-bond donors (Lipinski definition) is 3. The van der Waals surface area contributed by atoms with Crippen LogP contribution in [0.25, 0.3) is 0 Å². The van der Waals surface area contributed by atoms with Crippen molar-refractivity contribution in [2.75, 3.05) is 0 Å². The highest BCUT2D eigenvalue weighted by molar-refractivity contribution is 5.75. The van der Waals surface area contributed by atoms with E-state index in [4.69, 9.17) is 11.1 Å². The Morgan fingerprint density at radius 2 is 2.67 bits per heavy atom. The fraction of sp³-hybridized carbons (Fsp3) is 0.200. The largest absolute Gasteiger partial charge is 0.347 e. The Morgan fingerprint density at radius 3 is 3.11 bits per heavy atom. The summed E-state index contributed by atoms with van der Waals surface area (Å²) in [5, 5.41) is 6.84. The molecular formula is C5H8N4. The summed E-state index contributed by atoms with van der Waals surface area (Å²) >= 11 is 0. The molecular weight excluding hydrogens is 116 g/mol. The first-order valence-corrected chi connectivity index (χ1v) is 2.61. The maximum atomic E-state index is 6.84. The molecule has 0 saturated heterocycles. The van der Waals surface area contributed by atoms with Crippen molar-refractivity contribution in [3.63, 3.8) is 0 Å². The lowest BCUT2D eigenvalue weighted by Crippen LogP contribution is -1.99. The SMILES string of the molecule is N=Cc1nc[nH]c1CN. The topological polar surface area (TPSA) is 78.5 Å². The molecule has 4 N–H and O–H groups in total. The standard InChI is InChI=1S/C5H8N4/c6-1-4-5(2-7)9-3-8-4/h1,3,6H,2,7H2,(H,8,9). The first-order chi connectivity index (χ1) is 4.38. The highest BCUT2D eigenvalue weighted by atomic mass is 14.9. The van der Waals surface area contributed by atoms with Crippen LogP contribution in [0.2, 0.25) is 0 Å². The van der Waals surface area contributed by atoms with E-state index in [0.717, 1.165) is 5.69 Å². The van der Waals surface area contributed by atoms with Crippen molar-refractivity contribution in [3.8, 4) is 0 Å². The van der Waals surface area contributed by atoms with Crippen molar-refractivity contribution >= 4 is 6.21 Å². The van der Waals surface area contributed by atoms with E-state index in [2.05, 4.69) is 9.97 Å². The quantitative estimate of drug-likeness (QED) is 0.480. The Balaban J connectivity index is 2.98. The third-order valence-corrected chi connectivity index (χ3v) is 1.09. The average molecular weight is 124 g/mol. The molecule has 48 valence electrons. The second-order valence-corrected chi connectivity index (χ2v) is 1.61. The number of rotatable bonds is 2. The van der Waals surface area contributed by atoms with Gasteiger partial charge in [-0.1, -0.05) is 0 Å². The highest BCUT2D eigenvalue weighted by Gasteiger charge is 1.97. The zero-order valence-corrected chi connectivity index (χ0v) is 4.89. The monoisotopic (exact) mass is 124 g/mol. The molecule has 0 aromatic carbocycles. The molecule has 0 aliphatic heterocycles. The van der Waals surface area contributed by atoms with Gasteiger partial charge in [0.1, 0.15) is 5.69 Å². The maximum absolute atomic E-state index is 6.84. The number of nitrogens with one attached hydrogen (secondary N) is 2. The van der Waals surface area contributed by atoms with Crippen LogP contribution in [-0.2, 0) is 6.54 Å². The van der Waals surface area contributed by atoms with Crippen LogP contribution in [-0.4, -0.2) is 16.2 Å². The summed E-state index contributed by atoms with van der Waals surface area (Å²) < 4.78 is 0. The van der Waals surface area contributed by atoms with Crippen molar-refractivity contribution in [2.24, 2.45) is 5.73 Å². The average Bonchev–Trinajstić information content (AvgIpc) is 2.33. The van der Waals surface area contributed by atoms with Crippen LogP contribution in [0.3, 0.4) is 0 Å². The van der Waals surface area contributed by atoms with E-state index < -0.39 is 0 Å². The first-order valence-electron chi connectivity index (χ1n) is 2.61. The minimum Gasteiger partial charge on any atom is -0.347 e. The van der Waals surface area contributed by atoms with Crippen LogP contribution >= 0.6 is 0 Å². The van der Waals surface area contributed by atoms with E-state index in [1.807, 2.05) is 0 Å². The molecule has 4 nitrogen and oxygen atoms in total. The van der Waals surface area contributed by atoms with Gasteiger partial charge in [-0.2, -0.15) is 0 Å². The number of nitrogens with zero attached hydrogens (tertiary/aromatic N) is 1. The number of aromatic nitrogens is 2. The second-order valence-electron chi connectivity index (χ2n) is 1.61. The third-order valence-electron chi connectivity index (χ3n) is 1.09. The summed E-state index contributed by atoms with van der Waals surface area (Å²) in [5.74, 6) is 0. The molecule has 0 amide bonds. The lowest BCUT2D eigenvalue weighted by atomic mass is 10.3. The Kier molecular flexibility index (Phi) is 1.60. The minimum absolute atomic E-state index is 0.407. The number of aromatic amines is 1. The van der Waals surface area contributed by atoms with Crippen LogP contribution in [0.4, 0.5) is 0 Å². The summed E-state index contributed by atoms with van der Waals surface area (Å²) in [7, 11) is 0. The molecule has 0 fully saturated rings. The Morgan fingerprint density at radius 1 is 1.89 bits per heavy atom. The van der Waals surface area contributed by atoms with E-state index in [0.29, 0.717) is 12.2 Å². The van der Waals surface area contributed by atoms with Gasteiger partial charge >= 0.3 is 0 Å². The van der Waals surface area contributed by atoms with Crippen molar-refractivity contribution in [1.82, 2.24) is 9.97 Å². The molecule has 0 saturated carbocycles. The number of imidazole rings is 1. The van der Waals surface area contributed by atoms with Gasteiger partial charge in [-0.3, -0.25) is 0 Å². The number of nitrogens with two attached hydrogens (primary N) is 1. The lowest BCUT2D eigenvalue weighted by molar-refractivity contribution is 1.01.